The van der Waals surface area contributed by atoms with E-state index in [1.54, 1.807) is 12.3 Å². The Morgan fingerprint density at radius 1 is 0.895 bits per heavy atom. The lowest BCUT2D eigenvalue weighted by molar-refractivity contribution is -0.742. The zero-order valence-corrected chi connectivity index (χ0v) is 21.5. The van der Waals surface area contributed by atoms with E-state index in [0.717, 1.165) is 16.9 Å². The third kappa shape index (κ3) is 7.12. The average Bonchev–Trinajstić information content (AvgIpc) is 3.44. The van der Waals surface area contributed by atoms with Crippen molar-refractivity contribution in [1.82, 2.24) is 9.55 Å². The van der Waals surface area contributed by atoms with Crippen LogP contribution in [-0.4, -0.2) is 19.8 Å². The number of aromatic nitrogens is 2. The van der Waals surface area contributed by atoms with Gasteiger partial charge in [0, 0.05) is 28.0 Å². The molecule has 0 bridgehead atoms. The fourth-order valence-corrected chi connectivity index (χ4v) is 4.46. The minimum absolute atomic E-state index is 0.00656. The molecule has 1 aromatic heterocycles. The van der Waals surface area contributed by atoms with Crippen LogP contribution >= 0.6 is 23.2 Å². The molecule has 1 atom stereocenters. The first-order valence-corrected chi connectivity index (χ1v) is 12.3. The molecule has 0 saturated carbocycles. The second-order valence-corrected chi connectivity index (χ2v) is 9.08. The highest BCUT2D eigenvalue weighted by Crippen LogP contribution is 2.30. The molecule has 38 heavy (non-hydrogen) atoms. The number of hydrogen-bond acceptors (Lipinski definition) is 4. The van der Waals surface area contributed by atoms with E-state index < -0.39 is 5.09 Å². The summed E-state index contributed by atoms with van der Waals surface area (Å²) >= 11 is 12.2. The lowest BCUT2D eigenvalue weighted by Gasteiger charge is -2.20. The van der Waals surface area contributed by atoms with Gasteiger partial charge in [0.15, 0.2) is 0 Å². The number of benzene rings is 4. The number of rotatable bonds is 7. The van der Waals surface area contributed by atoms with E-state index >= 15 is 0 Å². The van der Waals surface area contributed by atoms with Crippen molar-refractivity contribution in [2.24, 2.45) is 0 Å². The number of ether oxygens (including phenoxy) is 1. The van der Waals surface area contributed by atoms with E-state index in [0.29, 0.717) is 16.7 Å². The van der Waals surface area contributed by atoms with Gasteiger partial charge < -0.3 is 14.5 Å². The van der Waals surface area contributed by atoms with Gasteiger partial charge in [-0.05, 0) is 46.5 Å². The second kappa shape index (κ2) is 12.8. The molecule has 0 amide bonds. The fourth-order valence-electron chi connectivity index (χ4n) is 3.99. The Morgan fingerprint density at radius 3 is 2.08 bits per heavy atom. The lowest BCUT2D eigenvalue weighted by atomic mass is 9.96. The predicted molar refractivity (Wildman–Crippen MR) is 147 cm³/mol. The molecule has 0 saturated heterocycles. The molecule has 0 spiro atoms. The van der Waals surface area contributed by atoms with Crippen LogP contribution in [0.25, 0.3) is 11.1 Å². The standard InChI is InChI=1S/C29H22Cl2N2O.HNO3/c30-26-13-10-25(28(31)18-26)19-34-27-14-11-24(12-15-27)29(33-17-16-32-20-33)23-8-6-22(7-9-23)21-4-2-1-3-5-21;2-1(3)4/h1-18,20,29H,19H2;(H,2,3,4). The summed E-state index contributed by atoms with van der Waals surface area (Å²) in [6.07, 6.45) is 5.64. The Balaban J connectivity index is 0.000000786. The average molecular weight is 548 g/mol. The van der Waals surface area contributed by atoms with E-state index in [-0.39, 0.29) is 6.04 Å². The van der Waals surface area contributed by atoms with Crippen LogP contribution in [0.15, 0.2) is 116 Å². The highest BCUT2D eigenvalue weighted by atomic mass is 35.5. The van der Waals surface area contributed by atoms with Crippen LogP contribution in [0.2, 0.25) is 10.0 Å². The molecule has 192 valence electrons. The van der Waals surface area contributed by atoms with Gasteiger partial charge in [-0.3, -0.25) is 0 Å². The maximum Gasteiger partial charge on any atom is 0.291 e. The van der Waals surface area contributed by atoms with Crippen LogP contribution < -0.4 is 4.74 Å². The van der Waals surface area contributed by atoms with Gasteiger partial charge >= 0.3 is 0 Å². The van der Waals surface area contributed by atoms with Gasteiger partial charge in [0.1, 0.15) is 12.4 Å². The van der Waals surface area contributed by atoms with E-state index in [1.807, 2.05) is 42.9 Å². The van der Waals surface area contributed by atoms with Gasteiger partial charge in [0.25, 0.3) is 5.09 Å². The summed E-state index contributed by atoms with van der Waals surface area (Å²) in [6.45, 7) is 0.376. The minimum Gasteiger partial charge on any atom is -0.489 e. The van der Waals surface area contributed by atoms with Gasteiger partial charge in [-0.25, -0.2) is 4.98 Å². The van der Waals surface area contributed by atoms with Crippen molar-refractivity contribution < 1.29 is 15.0 Å². The molecule has 1 unspecified atom stereocenters. The van der Waals surface area contributed by atoms with E-state index in [1.165, 1.54) is 16.7 Å². The molecule has 1 heterocycles. The SMILES string of the molecule is Clc1ccc(COc2ccc(C(c3ccc(-c4ccccc4)cc3)n3ccnc3)cc2)c(Cl)c1.O=[N+]([O-])O. The summed E-state index contributed by atoms with van der Waals surface area (Å²) in [5, 5.41) is 14.9. The monoisotopic (exact) mass is 547 g/mol. The van der Waals surface area contributed by atoms with E-state index in [2.05, 4.69) is 70.2 Å². The highest BCUT2D eigenvalue weighted by molar-refractivity contribution is 6.35. The van der Waals surface area contributed by atoms with Gasteiger partial charge in [0.2, 0.25) is 0 Å². The summed E-state index contributed by atoms with van der Waals surface area (Å²) in [4.78, 5) is 12.6. The molecule has 0 fully saturated rings. The molecule has 1 N–H and O–H groups in total. The van der Waals surface area contributed by atoms with Gasteiger partial charge in [0.05, 0.1) is 12.4 Å². The normalized spacial score (nSPS) is 11.2. The van der Waals surface area contributed by atoms with Crippen molar-refractivity contribution >= 4 is 23.2 Å². The Morgan fingerprint density at radius 2 is 1.50 bits per heavy atom. The summed E-state index contributed by atoms with van der Waals surface area (Å²) < 4.78 is 8.07. The Bertz CT molecular complexity index is 1460. The van der Waals surface area contributed by atoms with Gasteiger partial charge in [-0.15, -0.1) is 10.1 Å². The molecule has 0 aliphatic rings. The highest BCUT2D eigenvalue weighted by Gasteiger charge is 2.16. The molecule has 5 aromatic rings. The van der Waals surface area contributed by atoms with Crippen LogP contribution in [0.3, 0.4) is 0 Å². The number of hydrogen-bond donors (Lipinski definition) is 1. The molecule has 5 rings (SSSR count). The third-order valence-electron chi connectivity index (χ3n) is 5.76. The smallest absolute Gasteiger partial charge is 0.291 e. The van der Waals surface area contributed by atoms with Crippen LogP contribution in [0.1, 0.15) is 22.7 Å². The van der Waals surface area contributed by atoms with Gasteiger partial charge in [-0.1, -0.05) is 96.0 Å². The number of imidazole rings is 1. The second-order valence-electron chi connectivity index (χ2n) is 8.23. The number of nitrogens with zero attached hydrogens (tertiary/aromatic N) is 3. The maximum atomic E-state index is 8.36. The third-order valence-corrected chi connectivity index (χ3v) is 6.35. The summed E-state index contributed by atoms with van der Waals surface area (Å²) in [5.41, 5.74) is 5.61. The summed E-state index contributed by atoms with van der Waals surface area (Å²) in [6, 6.07) is 32.7. The van der Waals surface area contributed by atoms with Crippen molar-refractivity contribution in [1.29, 1.82) is 0 Å². The predicted octanol–water partition coefficient (Wildman–Crippen LogP) is 7.73. The molecule has 9 heteroatoms. The van der Waals surface area contributed by atoms with Crippen LogP contribution in [0.4, 0.5) is 0 Å². The van der Waals surface area contributed by atoms with Gasteiger partial charge in [-0.2, -0.15) is 0 Å². The molecule has 7 nitrogen and oxygen atoms in total. The molecular formula is C29H23Cl2N3O4. The first kappa shape index (κ1) is 26.7. The zero-order valence-electron chi connectivity index (χ0n) is 20.0. The van der Waals surface area contributed by atoms with Crippen LogP contribution in [-0.2, 0) is 6.61 Å². The first-order valence-electron chi connectivity index (χ1n) is 11.5. The maximum absolute atomic E-state index is 8.36. The van der Waals surface area contributed by atoms with Crippen molar-refractivity contribution in [3.63, 3.8) is 0 Å². The lowest BCUT2D eigenvalue weighted by Crippen LogP contribution is -2.10. The molecule has 4 aromatic carbocycles. The molecule has 0 aliphatic heterocycles. The quantitative estimate of drug-likeness (QED) is 0.166. The minimum atomic E-state index is -1.50. The topological polar surface area (TPSA) is 90.4 Å². The van der Waals surface area contributed by atoms with E-state index in [4.69, 9.17) is 43.3 Å². The largest absolute Gasteiger partial charge is 0.489 e. The molecule has 0 aliphatic carbocycles. The molecular weight excluding hydrogens is 525 g/mol. The Kier molecular flexibility index (Phi) is 8.98. The Hall–Kier alpha value is -4.33. The summed E-state index contributed by atoms with van der Waals surface area (Å²) in [5.74, 6) is 0.776. The van der Waals surface area contributed by atoms with Crippen molar-refractivity contribution in [2.75, 3.05) is 0 Å². The number of halogens is 2. The van der Waals surface area contributed by atoms with Crippen molar-refractivity contribution in [2.45, 2.75) is 12.6 Å². The molecule has 0 radical (unpaired) electrons. The van der Waals surface area contributed by atoms with Crippen LogP contribution in [0.5, 0.6) is 5.75 Å². The summed E-state index contributed by atoms with van der Waals surface area (Å²) in [7, 11) is 0. The zero-order chi connectivity index (χ0) is 26.9. The van der Waals surface area contributed by atoms with Crippen molar-refractivity contribution in [3.05, 3.63) is 153 Å². The Labute approximate surface area is 229 Å². The first-order chi connectivity index (χ1) is 18.4. The van der Waals surface area contributed by atoms with E-state index in [9.17, 15) is 0 Å². The van der Waals surface area contributed by atoms with Crippen LogP contribution in [0, 0.1) is 10.1 Å². The van der Waals surface area contributed by atoms with Crippen molar-refractivity contribution in [3.8, 4) is 16.9 Å². The fraction of sp³-hybridized carbons (Fsp3) is 0.0690.